The highest BCUT2D eigenvalue weighted by molar-refractivity contribution is 4.99. The van der Waals surface area contributed by atoms with Gasteiger partial charge in [-0.3, -0.25) is 0 Å². The predicted octanol–water partition coefficient (Wildman–Crippen LogP) is 2.17. The van der Waals surface area contributed by atoms with Crippen molar-refractivity contribution in [2.45, 2.75) is 45.6 Å². The molecule has 64 valence electrons. The van der Waals surface area contributed by atoms with Gasteiger partial charge in [0.1, 0.15) is 0 Å². The molecule has 2 aliphatic rings. The topological polar surface area (TPSA) is 12.0 Å². The lowest BCUT2D eigenvalue weighted by Gasteiger charge is -2.37. The lowest BCUT2D eigenvalue weighted by Crippen LogP contribution is -2.31. The minimum atomic E-state index is 0.759. The Balaban J connectivity index is 1.93. The van der Waals surface area contributed by atoms with Crippen LogP contribution in [0, 0.1) is 11.3 Å². The Labute approximate surface area is 69.6 Å². The Kier molecular flexibility index (Phi) is 1.71. The molecule has 11 heavy (non-hydrogen) atoms. The predicted molar refractivity (Wildman–Crippen MR) is 47.5 cm³/mol. The summed E-state index contributed by atoms with van der Waals surface area (Å²) in [5.74, 6) is 0.829. The normalized spacial score (nSPS) is 34.6. The van der Waals surface area contributed by atoms with Crippen LogP contribution in [0.3, 0.4) is 0 Å². The minimum absolute atomic E-state index is 0.759. The first kappa shape index (κ1) is 7.60. The summed E-state index contributed by atoms with van der Waals surface area (Å²) in [7, 11) is 0. The SMILES string of the molecule is CC(C)C1CC2(CCC2)CN1. The van der Waals surface area contributed by atoms with Crippen LogP contribution in [0.15, 0.2) is 0 Å². The van der Waals surface area contributed by atoms with E-state index >= 15 is 0 Å². The molecule has 0 bridgehead atoms. The molecule has 0 aromatic heterocycles. The van der Waals surface area contributed by atoms with Crippen molar-refractivity contribution in [3.63, 3.8) is 0 Å². The maximum Gasteiger partial charge on any atom is 0.00960 e. The van der Waals surface area contributed by atoms with Crippen LogP contribution in [0.1, 0.15) is 39.5 Å². The summed E-state index contributed by atoms with van der Waals surface area (Å²) in [4.78, 5) is 0. The Morgan fingerprint density at radius 3 is 2.36 bits per heavy atom. The van der Waals surface area contributed by atoms with E-state index in [0.717, 1.165) is 17.4 Å². The number of hydrogen-bond donors (Lipinski definition) is 1. The van der Waals surface area contributed by atoms with E-state index in [4.69, 9.17) is 0 Å². The van der Waals surface area contributed by atoms with E-state index in [9.17, 15) is 0 Å². The van der Waals surface area contributed by atoms with Gasteiger partial charge in [-0.25, -0.2) is 0 Å². The highest BCUT2D eigenvalue weighted by atomic mass is 15.0. The molecule has 1 saturated heterocycles. The molecule has 1 aliphatic heterocycles. The van der Waals surface area contributed by atoms with Crippen molar-refractivity contribution in [1.29, 1.82) is 0 Å². The van der Waals surface area contributed by atoms with Gasteiger partial charge in [-0.15, -0.1) is 0 Å². The van der Waals surface area contributed by atoms with Gasteiger partial charge in [-0.1, -0.05) is 20.3 Å². The van der Waals surface area contributed by atoms with Gasteiger partial charge in [0.25, 0.3) is 0 Å². The van der Waals surface area contributed by atoms with E-state index in [1.54, 1.807) is 0 Å². The summed E-state index contributed by atoms with van der Waals surface area (Å²) in [5, 5.41) is 3.65. The molecule has 0 aromatic rings. The Bertz CT molecular complexity index is 147. The third-order valence-electron chi connectivity index (χ3n) is 3.61. The average molecular weight is 153 g/mol. The molecule has 1 saturated carbocycles. The molecule has 0 aromatic carbocycles. The van der Waals surface area contributed by atoms with Gasteiger partial charge in [0.05, 0.1) is 0 Å². The molecule has 0 amide bonds. The third kappa shape index (κ3) is 1.20. The van der Waals surface area contributed by atoms with Crippen LogP contribution in [0.5, 0.6) is 0 Å². The standard InChI is InChI=1S/C10H19N/c1-8(2)9-6-10(7-11-9)4-3-5-10/h8-9,11H,3-7H2,1-2H3. The summed E-state index contributed by atoms with van der Waals surface area (Å²) in [6.07, 6.45) is 5.91. The fourth-order valence-corrected chi connectivity index (χ4v) is 2.49. The quantitative estimate of drug-likeness (QED) is 0.609. The third-order valence-corrected chi connectivity index (χ3v) is 3.61. The Hall–Kier alpha value is -0.0400. The van der Waals surface area contributed by atoms with Crippen LogP contribution < -0.4 is 5.32 Å². The zero-order valence-corrected chi connectivity index (χ0v) is 7.69. The number of hydrogen-bond acceptors (Lipinski definition) is 1. The maximum atomic E-state index is 3.65. The second kappa shape index (κ2) is 2.48. The smallest absolute Gasteiger partial charge is 0.00960 e. The van der Waals surface area contributed by atoms with E-state index in [1.165, 1.54) is 32.2 Å². The molecule has 0 radical (unpaired) electrons. The molecule has 1 nitrogen and oxygen atoms in total. The minimum Gasteiger partial charge on any atom is -0.313 e. The van der Waals surface area contributed by atoms with Crippen LogP contribution >= 0.6 is 0 Å². The first-order chi connectivity index (χ1) is 5.22. The highest BCUT2D eigenvalue weighted by Crippen LogP contribution is 2.47. The van der Waals surface area contributed by atoms with Crippen LogP contribution in [-0.4, -0.2) is 12.6 Å². The van der Waals surface area contributed by atoms with Crippen LogP contribution in [-0.2, 0) is 0 Å². The summed E-state index contributed by atoms with van der Waals surface area (Å²) < 4.78 is 0. The fourth-order valence-electron chi connectivity index (χ4n) is 2.49. The summed E-state index contributed by atoms with van der Waals surface area (Å²) in [6.45, 7) is 5.96. The van der Waals surface area contributed by atoms with Gasteiger partial charge in [-0.2, -0.15) is 0 Å². The molecule has 2 fully saturated rings. The molecule has 1 spiro atoms. The average Bonchev–Trinajstić information content (AvgIpc) is 2.28. The first-order valence-electron chi connectivity index (χ1n) is 4.95. The molecule has 1 atom stereocenters. The van der Waals surface area contributed by atoms with E-state index in [1.807, 2.05) is 0 Å². The monoisotopic (exact) mass is 153 g/mol. The van der Waals surface area contributed by atoms with E-state index in [-0.39, 0.29) is 0 Å². The summed E-state index contributed by atoms with van der Waals surface area (Å²) in [5.41, 5.74) is 0.759. The number of rotatable bonds is 1. The lowest BCUT2D eigenvalue weighted by molar-refractivity contribution is 0.155. The Morgan fingerprint density at radius 2 is 2.09 bits per heavy atom. The second-order valence-corrected chi connectivity index (χ2v) is 4.79. The fraction of sp³-hybridized carbons (Fsp3) is 1.00. The van der Waals surface area contributed by atoms with Gasteiger partial charge in [0.15, 0.2) is 0 Å². The van der Waals surface area contributed by atoms with Crippen molar-refractivity contribution in [3.05, 3.63) is 0 Å². The molecule has 2 rings (SSSR count). The molecule has 1 unspecified atom stereocenters. The summed E-state index contributed by atoms with van der Waals surface area (Å²) >= 11 is 0. The molecule has 1 N–H and O–H groups in total. The van der Waals surface area contributed by atoms with Gasteiger partial charge in [0, 0.05) is 12.6 Å². The van der Waals surface area contributed by atoms with Crippen LogP contribution in [0.2, 0.25) is 0 Å². The van der Waals surface area contributed by atoms with Crippen LogP contribution in [0.4, 0.5) is 0 Å². The van der Waals surface area contributed by atoms with Crippen molar-refractivity contribution >= 4 is 0 Å². The zero-order valence-electron chi connectivity index (χ0n) is 7.69. The molecular weight excluding hydrogens is 134 g/mol. The summed E-state index contributed by atoms with van der Waals surface area (Å²) in [6, 6.07) is 0.815. The number of nitrogens with one attached hydrogen (secondary N) is 1. The first-order valence-corrected chi connectivity index (χ1v) is 4.95. The highest BCUT2D eigenvalue weighted by Gasteiger charge is 2.43. The van der Waals surface area contributed by atoms with Crippen molar-refractivity contribution in [2.75, 3.05) is 6.54 Å². The van der Waals surface area contributed by atoms with E-state index in [2.05, 4.69) is 19.2 Å². The zero-order chi connectivity index (χ0) is 7.90. The molecule has 1 heteroatoms. The molecule has 1 heterocycles. The lowest BCUT2D eigenvalue weighted by atomic mass is 9.67. The second-order valence-electron chi connectivity index (χ2n) is 4.79. The molecule has 1 aliphatic carbocycles. The van der Waals surface area contributed by atoms with Crippen LogP contribution in [0.25, 0.3) is 0 Å². The van der Waals surface area contributed by atoms with E-state index < -0.39 is 0 Å². The Morgan fingerprint density at radius 1 is 1.36 bits per heavy atom. The van der Waals surface area contributed by atoms with Gasteiger partial charge >= 0.3 is 0 Å². The van der Waals surface area contributed by atoms with Crippen molar-refractivity contribution in [1.82, 2.24) is 5.32 Å². The van der Waals surface area contributed by atoms with Gasteiger partial charge < -0.3 is 5.32 Å². The van der Waals surface area contributed by atoms with Crippen molar-refractivity contribution < 1.29 is 0 Å². The largest absolute Gasteiger partial charge is 0.313 e. The van der Waals surface area contributed by atoms with Crippen molar-refractivity contribution in [3.8, 4) is 0 Å². The van der Waals surface area contributed by atoms with E-state index in [0.29, 0.717) is 0 Å². The van der Waals surface area contributed by atoms with Crippen molar-refractivity contribution in [2.24, 2.45) is 11.3 Å². The molecular formula is C10H19N. The van der Waals surface area contributed by atoms with Gasteiger partial charge in [-0.05, 0) is 30.6 Å². The maximum absolute atomic E-state index is 3.65. The van der Waals surface area contributed by atoms with Gasteiger partial charge in [0.2, 0.25) is 0 Å².